The van der Waals surface area contributed by atoms with Crippen molar-refractivity contribution in [2.24, 2.45) is 0 Å². The van der Waals surface area contributed by atoms with Crippen molar-refractivity contribution >= 4 is 17.5 Å². The minimum absolute atomic E-state index is 0.185. The van der Waals surface area contributed by atoms with Crippen LogP contribution in [-0.2, 0) is 0 Å². The van der Waals surface area contributed by atoms with E-state index in [0.29, 0.717) is 12.0 Å². The Balaban J connectivity index is 1.33. The monoisotopic (exact) mass is 429 g/mol. The highest BCUT2D eigenvalue weighted by Crippen LogP contribution is 2.42. The maximum atomic E-state index is 5.03. The third-order valence-electron chi connectivity index (χ3n) is 6.77. The predicted molar refractivity (Wildman–Crippen MR) is 122 cm³/mol. The summed E-state index contributed by atoms with van der Waals surface area (Å²) in [5.74, 6) is 2.61. The molecule has 9 nitrogen and oxygen atoms in total. The molecule has 4 heterocycles. The maximum Gasteiger partial charge on any atom is 0.229 e. The Morgan fingerprint density at radius 1 is 1.16 bits per heavy atom. The Bertz CT molecular complexity index is 1170. The molecule has 0 aromatic carbocycles. The number of aromatic nitrogens is 7. The van der Waals surface area contributed by atoms with E-state index in [4.69, 9.17) is 4.98 Å². The van der Waals surface area contributed by atoms with E-state index in [1.54, 1.807) is 12.5 Å². The van der Waals surface area contributed by atoms with Gasteiger partial charge in [-0.15, -0.1) is 10.2 Å². The van der Waals surface area contributed by atoms with Crippen LogP contribution in [0, 0.1) is 0 Å². The van der Waals surface area contributed by atoms with E-state index < -0.39 is 0 Å². The van der Waals surface area contributed by atoms with Crippen LogP contribution < -0.4 is 10.2 Å². The second-order valence-corrected chi connectivity index (χ2v) is 8.66. The molecule has 0 unspecified atom stereocenters. The quantitative estimate of drug-likeness (QED) is 0.653. The van der Waals surface area contributed by atoms with Gasteiger partial charge in [0, 0.05) is 29.8 Å². The van der Waals surface area contributed by atoms with Crippen molar-refractivity contribution in [1.29, 1.82) is 0 Å². The van der Waals surface area contributed by atoms with Crippen molar-refractivity contribution in [2.45, 2.75) is 64.0 Å². The molecule has 9 heteroatoms. The summed E-state index contributed by atoms with van der Waals surface area (Å²) in [5.41, 5.74) is 3.26. The fraction of sp³-hybridized carbons (Fsp3) is 0.435. The highest BCUT2D eigenvalue weighted by Gasteiger charge is 2.38. The zero-order chi connectivity index (χ0) is 21.5. The van der Waals surface area contributed by atoms with Gasteiger partial charge >= 0.3 is 0 Å². The molecular formula is C23H27N9. The third kappa shape index (κ3) is 3.19. The molecule has 1 fully saturated rings. The van der Waals surface area contributed by atoms with E-state index in [0.717, 1.165) is 42.3 Å². The molecule has 3 aliphatic rings. The number of rotatable bonds is 5. The minimum Gasteiger partial charge on any atom is -0.341 e. The van der Waals surface area contributed by atoms with Gasteiger partial charge in [-0.1, -0.05) is 19.8 Å². The SMILES string of the molecule is CC[C@@H]1c2nncn2-c2cnc(NC3=CC=C(n4cccn4)CC3)nc2N1C1CCCC1. The van der Waals surface area contributed by atoms with Crippen LogP contribution >= 0.6 is 0 Å². The highest BCUT2D eigenvalue weighted by molar-refractivity contribution is 5.64. The van der Waals surface area contributed by atoms with E-state index in [9.17, 15) is 0 Å². The lowest BCUT2D eigenvalue weighted by molar-refractivity contribution is 0.469. The van der Waals surface area contributed by atoms with E-state index in [1.807, 2.05) is 23.1 Å². The first kappa shape index (κ1) is 19.2. The topological polar surface area (TPSA) is 89.6 Å². The average Bonchev–Trinajstić information content (AvgIpc) is 3.61. The van der Waals surface area contributed by atoms with Crippen molar-refractivity contribution in [3.8, 4) is 5.69 Å². The Hall–Kier alpha value is -3.49. The first-order valence-corrected chi connectivity index (χ1v) is 11.5. The van der Waals surface area contributed by atoms with Gasteiger partial charge in [0.2, 0.25) is 5.95 Å². The number of hydrogen-bond donors (Lipinski definition) is 1. The average molecular weight is 430 g/mol. The number of hydrogen-bond acceptors (Lipinski definition) is 7. The second-order valence-electron chi connectivity index (χ2n) is 8.66. The van der Waals surface area contributed by atoms with Crippen molar-refractivity contribution in [2.75, 3.05) is 10.2 Å². The molecule has 1 saturated carbocycles. The molecule has 0 radical (unpaired) electrons. The normalized spacial score (nSPS) is 20.5. The summed E-state index contributed by atoms with van der Waals surface area (Å²) < 4.78 is 3.97. The number of allylic oxidation sites excluding steroid dienone is 4. The lowest BCUT2D eigenvalue weighted by Crippen LogP contribution is -2.42. The van der Waals surface area contributed by atoms with Crippen LogP contribution in [0.5, 0.6) is 0 Å². The summed E-state index contributed by atoms with van der Waals surface area (Å²) in [6.07, 6.45) is 19.4. The first-order chi connectivity index (χ1) is 15.8. The zero-order valence-corrected chi connectivity index (χ0v) is 18.2. The standard InChI is InChI=1S/C23H27N9/c1-2-19-22-29-25-15-30(22)20-14-24-23(28-21(20)32(19)18-6-3-4-7-18)27-16-8-10-17(11-9-16)31-13-5-12-26-31/h5,8,10,12-15,18-19H,2-4,6-7,9,11H2,1H3,(H,24,27,28)/t19-/m1/s1. The summed E-state index contributed by atoms with van der Waals surface area (Å²) in [6.45, 7) is 2.22. The summed E-state index contributed by atoms with van der Waals surface area (Å²) in [4.78, 5) is 12.2. The molecule has 6 rings (SSSR count). The van der Waals surface area contributed by atoms with Gasteiger partial charge < -0.3 is 10.2 Å². The Morgan fingerprint density at radius 3 is 2.81 bits per heavy atom. The number of fused-ring (bicyclic) bond motifs is 3. The van der Waals surface area contributed by atoms with Crippen molar-refractivity contribution in [1.82, 2.24) is 34.5 Å². The van der Waals surface area contributed by atoms with Crippen LogP contribution in [0.2, 0.25) is 0 Å². The van der Waals surface area contributed by atoms with Crippen LogP contribution in [0.15, 0.2) is 48.8 Å². The molecule has 0 amide bonds. The molecular weight excluding hydrogens is 402 g/mol. The van der Waals surface area contributed by atoms with Gasteiger partial charge in [-0.05, 0) is 50.3 Å². The van der Waals surface area contributed by atoms with Gasteiger partial charge in [0.25, 0.3) is 0 Å². The van der Waals surface area contributed by atoms with Crippen LogP contribution in [0.3, 0.4) is 0 Å². The molecule has 0 saturated heterocycles. The Labute approximate surface area is 186 Å². The van der Waals surface area contributed by atoms with Gasteiger partial charge in [0.15, 0.2) is 11.6 Å². The summed E-state index contributed by atoms with van der Waals surface area (Å²) in [6, 6.07) is 2.62. The molecule has 1 N–H and O–H groups in total. The zero-order valence-electron chi connectivity index (χ0n) is 18.2. The highest BCUT2D eigenvalue weighted by atomic mass is 15.4. The largest absolute Gasteiger partial charge is 0.341 e. The van der Waals surface area contributed by atoms with Crippen LogP contribution in [0.1, 0.15) is 63.7 Å². The molecule has 1 aliphatic heterocycles. The van der Waals surface area contributed by atoms with Crippen molar-refractivity contribution in [3.05, 3.63) is 54.7 Å². The third-order valence-corrected chi connectivity index (χ3v) is 6.77. The van der Waals surface area contributed by atoms with E-state index in [1.165, 1.54) is 31.4 Å². The summed E-state index contributed by atoms with van der Waals surface area (Å²) >= 11 is 0. The second kappa shape index (κ2) is 7.89. The fourth-order valence-electron chi connectivity index (χ4n) is 5.21. The number of nitrogens with zero attached hydrogens (tertiary/aromatic N) is 8. The molecule has 3 aromatic heterocycles. The lowest BCUT2D eigenvalue weighted by atomic mass is 10.0. The van der Waals surface area contributed by atoms with E-state index >= 15 is 0 Å². The van der Waals surface area contributed by atoms with Crippen molar-refractivity contribution < 1.29 is 0 Å². The Kier molecular flexibility index (Phi) is 4.74. The number of nitrogens with one attached hydrogen (secondary N) is 1. The summed E-state index contributed by atoms with van der Waals surface area (Å²) in [7, 11) is 0. The predicted octanol–water partition coefficient (Wildman–Crippen LogP) is 4.10. The molecule has 3 aromatic rings. The van der Waals surface area contributed by atoms with Gasteiger partial charge in [-0.2, -0.15) is 10.1 Å². The van der Waals surface area contributed by atoms with Gasteiger partial charge in [0.1, 0.15) is 12.0 Å². The molecule has 0 bridgehead atoms. The van der Waals surface area contributed by atoms with Crippen LogP contribution in [-0.4, -0.2) is 40.6 Å². The maximum absolute atomic E-state index is 5.03. The molecule has 0 spiro atoms. The minimum atomic E-state index is 0.185. The smallest absolute Gasteiger partial charge is 0.229 e. The van der Waals surface area contributed by atoms with Crippen LogP contribution in [0.25, 0.3) is 11.4 Å². The van der Waals surface area contributed by atoms with Gasteiger partial charge in [-0.25, -0.2) is 9.67 Å². The first-order valence-electron chi connectivity index (χ1n) is 11.5. The fourth-order valence-corrected chi connectivity index (χ4v) is 5.21. The summed E-state index contributed by atoms with van der Waals surface area (Å²) in [5, 5.41) is 16.4. The molecule has 2 aliphatic carbocycles. The lowest BCUT2D eigenvalue weighted by Gasteiger charge is -2.40. The molecule has 32 heavy (non-hydrogen) atoms. The molecule has 1 atom stereocenters. The van der Waals surface area contributed by atoms with Crippen molar-refractivity contribution in [3.63, 3.8) is 0 Å². The molecule has 164 valence electrons. The van der Waals surface area contributed by atoms with Gasteiger partial charge in [0.05, 0.1) is 12.2 Å². The van der Waals surface area contributed by atoms with Crippen LogP contribution in [0.4, 0.5) is 11.8 Å². The van der Waals surface area contributed by atoms with Gasteiger partial charge in [-0.3, -0.25) is 4.57 Å². The Morgan fingerprint density at radius 2 is 2.06 bits per heavy atom. The van der Waals surface area contributed by atoms with E-state index in [-0.39, 0.29) is 6.04 Å². The van der Waals surface area contributed by atoms with E-state index in [2.05, 4.69) is 54.1 Å². The number of anilines is 2.